The van der Waals surface area contributed by atoms with E-state index in [1.54, 1.807) is 19.2 Å². The minimum absolute atomic E-state index is 0. The Morgan fingerprint density at radius 2 is 2.21 bits per heavy atom. The lowest BCUT2D eigenvalue weighted by molar-refractivity contribution is 0.604. The maximum atomic E-state index is 13.5. The molecule has 0 aromatic heterocycles. The zero-order chi connectivity index (χ0) is 13.1. The van der Waals surface area contributed by atoms with E-state index in [0.717, 1.165) is 10.4 Å². The quantitative estimate of drug-likeness (QED) is 0.429. The number of nitrogens with one attached hydrogen (secondary N) is 2. The molecule has 1 aromatic carbocycles. The lowest BCUT2D eigenvalue weighted by Crippen LogP contribution is -2.38. The highest BCUT2D eigenvalue weighted by Crippen LogP contribution is 2.28. The molecule has 0 saturated heterocycles. The van der Waals surface area contributed by atoms with E-state index in [9.17, 15) is 4.39 Å². The molecule has 0 amide bonds. The van der Waals surface area contributed by atoms with Crippen LogP contribution in [0.25, 0.3) is 0 Å². The van der Waals surface area contributed by atoms with Gasteiger partial charge in [-0.2, -0.15) is 0 Å². The van der Waals surface area contributed by atoms with Crippen LogP contribution in [0.15, 0.2) is 27.7 Å². The van der Waals surface area contributed by atoms with E-state index in [1.165, 1.54) is 12.5 Å². The van der Waals surface area contributed by atoms with Crippen molar-refractivity contribution >= 4 is 45.9 Å². The normalized spacial score (nSPS) is 21.6. The third-order valence-electron chi connectivity index (χ3n) is 3.11. The predicted molar refractivity (Wildman–Crippen MR) is 90.4 cm³/mol. The van der Waals surface area contributed by atoms with Gasteiger partial charge < -0.3 is 10.6 Å². The minimum Gasteiger partial charge on any atom is -0.353 e. The minimum atomic E-state index is -0.207. The summed E-state index contributed by atoms with van der Waals surface area (Å²) in [6.07, 6.45) is 1.17. The van der Waals surface area contributed by atoms with Gasteiger partial charge in [-0.15, -0.1) is 24.0 Å². The highest BCUT2D eigenvalue weighted by molar-refractivity contribution is 14.0. The first-order chi connectivity index (χ1) is 8.60. The van der Waals surface area contributed by atoms with Gasteiger partial charge in [0, 0.05) is 29.7 Å². The molecule has 3 nitrogen and oxygen atoms in total. The third-order valence-corrected chi connectivity index (χ3v) is 3.60. The molecule has 1 aromatic rings. The van der Waals surface area contributed by atoms with Crippen LogP contribution in [0.3, 0.4) is 0 Å². The van der Waals surface area contributed by atoms with E-state index in [1.807, 2.05) is 0 Å². The molecule has 2 unspecified atom stereocenters. The van der Waals surface area contributed by atoms with E-state index < -0.39 is 0 Å². The van der Waals surface area contributed by atoms with Gasteiger partial charge in [-0.05, 0) is 30.5 Å². The van der Waals surface area contributed by atoms with Gasteiger partial charge in [0.25, 0.3) is 0 Å². The first kappa shape index (κ1) is 16.7. The van der Waals surface area contributed by atoms with Crippen LogP contribution in [0.5, 0.6) is 0 Å². The SMILES string of the molecule is CN=C(NCc1cc(Br)ccc1F)NC1CC1C.I. The zero-order valence-corrected chi connectivity index (χ0v) is 14.8. The van der Waals surface area contributed by atoms with E-state index in [0.29, 0.717) is 24.1 Å². The monoisotopic (exact) mass is 441 g/mol. The maximum absolute atomic E-state index is 13.5. The fraction of sp³-hybridized carbons (Fsp3) is 0.462. The first-order valence-electron chi connectivity index (χ1n) is 6.01. The molecule has 2 rings (SSSR count). The van der Waals surface area contributed by atoms with Gasteiger partial charge in [0.1, 0.15) is 5.82 Å². The van der Waals surface area contributed by atoms with Gasteiger partial charge in [-0.25, -0.2) is 4.39 Å². The highest BCUT2D eigenvalue weighted by atomic mass is 127. The van der Waals surface area contributed by atoms with Crippen molar-refractivity contribution < 1.29 is 4.39 Å². The molecule has 1 aliphatic rings. The van der Waals surface area contributed by atoms with Crippen molar-refractivity contribution in [2.45, 2.75) is 25.9 Å². The number of rotatable bonds is 3. The standard InChI is InChI=1S/C13H17BrFN3.HI/c1-8-5-12(8)18-13(16-2)17-7-9-6-10(14)3-4-11(9)15;/h3-4,6,8,12H,5,7H2,1-2H3,(H2,16,17,18);1H. The molecule has 1 fully saturated rings. The Balaban J connectivity index is 0.00000180. The summed E-state index contributed by atoms with van der Waals surface area (Å²) >= 11 is 3.34. The summed E-state index contributed by atoms with van der Waals surface area (Å²) in [6, 6.07) is 5.43. The Morgan fingerprint density at radius 1 is 1.53 bits per heavy atom. The fourth-order valence-electron chi connectivity index (χ4n) is 1.75. The van der Waals surface area contributed by atoms with Gasteiger partial charge in [-0.3, -0.25) is 4.99 Å². The molecule has 1 saturated carbocycles. The molecule has 106 valence electrons. The Hall–Kier alpha value is -0.370. The van der Waals surface area contributed by atoms with Gasteiger partial charge >= 0.3 is 0 Å². The van der Waals surface area contributed by atoms with Crippen LogP contribution in [-0.2, 0) is 6.54 Å². The number of halogens is 3. The van der Waals surface area contributed by atoms with Crippen LogP contribution in [-0.4, -0.2) is 19.0 Å². The number of benzene rings is 1. The Bertz CT molecular complexity index is 467. The Labute approximate surface area is 138 Å². The van der Waals surface area contributed by atoms with Gasteiger partial charge in [0.2, 0.25) is 0 Å². The third kappa shape index (κ3) is 4.91. The van der Waals surface area contributed by atoms with Crippen molar-refractivity contribution in [3.8, 4) is 0 Å². The number of guanidine groups is 1. The summed E-state index contributed by atoms with van der Waals surface area (Å²) in [5, 5.41) is 6.42. The Morgan fingerprint density at radius 3 is 2.79 bits per heavy atom. The van der Waals surface area contributed by atoms with Crippen LogP contribution in [0.1, 0.15) is 18.9 Å². The highest BCUT2D eigenvalue weighted by Gasteiger charge is 2.33. The first-order valence-corrected chi connectivity index (χ1v) is 6.80. The lowest BCUT2D eigenvalue weighted by Gasteiger charge is -2.12. The average Bonchev–Trinajstić information content (AvgIpc) is 3.04. The van der Waals surface area contributed by atoms with Crippen LogP contribution < -0.4 is 10.6 Å². The van der Waals surface area contributed by atoms with Crippen LogP contribution in [0, 0.1) is 11.7 Å². The van der Waals surface area contributed by atoms with Crippen LogP contribution in [0.2, 0.25) is 0 Å². The second-order valence-corrected chi connectivity index (χ2v) is 5.54. The number of hydrogen-bond donors (Lipinski definition) is 2. The molecule has 6 heteroatoms. The fourth-order valence-corrected chi connectivity index (χ4v) is 2.16. The second-order valence-electron chi connectivity index (χ2n) is 4.63. The molecular formula is C13H18BrFIN3. The summed E-state index contributed by atoms with van der Waals surface area (Å²) in [5.41, 5.74) is 0.621. The number of hydrogen-bond acceptors (Lipinski definition) is 1. The topological polar surface area (TPSA) is 36.4 Å². The lowest BCUT2D eigenvalue weighted by atomic mass is 10.2. The molecule has 0 spiro atoms. The molecule has 2 atom stereocenters. The largest absolute Gasteiger partial charge is 0.353 e. The molecule has 19 heavy (non-hydrogen) atoms. The van der Waals surface area contributed by atoms with Crippen molar-refractivity contribution in [2.24, 2.45) is 10.9 Å². The van der Waals surface area contributed by atoms with Crippen molar-refractivity contribution in [1.82, 2.24) is 10.6 Å². The van der Waals surface area contributed by atoms with E-state index in [-0.39, 0.29) is 29.8 Å². The average molecular weight is 442 g/mol. The van der Waals surface area contributed by atoms with E-state index in [2.05, 4.69) is 38.5 Å². The number of nitrogens with zero attached hydrogens (tertiary/aromatic N) is 1. The summed E-state index contributed by atoms with van der Waals surface area (Å²) < 4.78 is 14.4. The van der Waals surface area contributed by atoms with Gasteiger partial charge in [0.05, 0.1) is 0 Å². The molecule has 0 heterocycles. The van der Waals surface area contributed by atoms with Crippen molar-refractivity contribution in [3.63, 3.8) is 0 Å². The zero-order valence-electron chi connectivity index (χ0n) is 10.9. The van der Waals surface area contributed by atoms with Gasteiger partial charge in [-0.1, -0.05) is 22.9 Å². The second kappa shape index (κ2) is 7.42. The van der Waals surface area contributed by atoms with E-state index >= 15 is 0 Å². The number of aliphatic imine (C=N–C) groups is 1. The molecule has 1 aliphatic carbocycles. The van der Waals surface area contributed by atoms with Crippen molar-refractivity contribution in [1.29, 1.82) is 0 Å². The van der Waals surface area contributed by atoms with Gasteiger partial charge in [0.15, 0.2) is 5.96 Å². The molecule has 2 N–H and O–H groups in total. The molecule has 0 aliphatic heterocycles. The molecule has 0 radical (unpaired) electrons. The molecular weight excluding hydrogens is 424 g/mol. The van der Waals surface area contributed by atoms with Crippen LogP contribution in [0.4, 0.5) is 4.39 Å². The van der Waals surface area contributed by atoms with Crippen LogP contribution >= 0.6 is 39.9 Å². The van der Waals surface area contributed by atoms with Crippen molar-refractivity contribution in [3.05, 3.63) is 34.1 Å². The summed E-state index contributed by atoms with van der Waals surface area (Å²) in [6.45, 7) is 2.62. The smallest absolute Gasteiger partial charge is 0.191 e. The van der Waals surface area contributed by atoms with Crippen molar-refractivity contribution in [2.75, 3.05) is 7.05 Å². The summed E-state index contributed by atoms with van der Waals surface area (Å²) in [4.78, 5) is 4.13. The van der Waals surface area contributed by atoms with E-state index in [4.69, 9.17) is 0 Å². The predicted octanol–water partition coefficient (Wildman–Crippen LogP) is 3.28. The summed E-state index contributed by atoms with van der Waals surface area (Å²) in [7, 11) is 1.72. The molecule has 0 bridgehead atoms. The summed E-state index contributed by atoms with van der Waals surface area (Å²) in [5.74, 6) is 1.22. The maximum Gasteiger partial charge on any atom is 0.191 e. The Kier molecular flexibility index (Phi) is 6.52.